The van der Waals surface area contributed by atoms with Gasteiger partial charge in [-0.25, -0.2) is 0 Å². The summed E-state index contributed by atoms with van der Waals surface area (Å²) in [5.41, 5.74) is 13.4. The van der Waals surface area contributed by atoms with Crippen LogP contribution < -0.4 is 0 Å². The summed E-state index contributed by atoms with van der Waals surface area (Å²) in [6, 6.07) is 87.4. The fourth-order valence-corrected chi connectivity index (χ4v) is 10.9. The first-order chi connectivity index (χ1) is 31.3. The highest BCUT2D eigenvalue weighted by atomic mass is 15.0. The number of nitrogens with zero attached hydrogens (tertiary/aromatic N) is 1. The van der Waals surface area contributed by atoms with Crippen LogP contribution in [0.5, 0.6) is 0 Å². The van der Waals surface area contributed by atoms with E-state index in [-0.39, 0.29) is 0 Å². The van der Waals surface area contributed by atoms with Gasteiger partial charge in [-0.15, -0.1) is 0 Å². The van der Waals surface area contributed by atoms with Gasteiger partial charge in [0.05, 0.1) is 11.0 Å². The van der Waals surface area contributed by atoms with Crippen LogP contribution in [-0.2, 0) is 0 Å². The second-order valence-corrected chi connectivity index (χ2v) is 16.6. The molecular formula is C62H39N. The molecule has 13 rings (SSSR count). The first-order valence-electron chi connectivity index (χ1n) is 21.9. The van der Waals surface area contributed by atoms with Crippen LogP contribution in [0, 0.1) is 0 Å². The molecule has 292 valence electrons. The first kappa shape index (κ1) is 35.5. The van der Waals surface area contributed by atoms with Gasteiger partial charge in [0.15, 0.2) is 0 Å². The van der Waals surface area contributed by atoms with Crippen LogP contribution in [0.1, 0.15) is 0 Å². The van der Waals surface area contributed by atoms with Crippen molar-refractivity contribution in [2.24, 2.45) is 0 Å². The van der Waals surface area contributed by atoms with Crippen LogP contribution in [-0.4, -0.2) is 4.57 Å². The fraction of sp³-hybridized carbons (Fsp3) is 0. The molecule has 1 aromatic heterocycles. The quantitative estimate of drug-likeness (QED) is 0.121. The van der Waals surface area contributed by atoms with Crippen molar-refractivity contribution in [3.8, 4) is 50.2 Å². The van der Waals surface area contributed by atoms with Crippen molar-refractivity contribution in [2.45, 2.75) is 0 Å². The summed E-state index contributed by atoms with van der Waals surface area (Å²) in [5, 5.41) is 15.1. The fourth-order valence-electron chi connectivity index (χ4n) is 10.9. The van der Waals surface area contributed by atoms with Gasteiger partial charge in [0.1, 0.15) is 0 Å². The lowest BCUT2D eigenvalue weighted by Crippen LogP contribution is -1.96. The van der Waals surface area contributed by atoms with Gasteiger partial charge in [0, 0.05) is 16.5 Å². The van der Waals surface area contributed by atoms with E-state index < -0.39 is 0 Å². The third kappa shape index (κ3) is 5.30. The Kier molecular flexibility index (Phi) is 7.98. The predicted octanol–water partition coefficient (Wildman–Crippen LogP) is 17.2. The molecule has 0 bridgehead atoms. The van der Waals surface area contributed by atoms with Gasteiger partial charge >= 0.3 is 0 Å². The van der Waals surface area contributed by atoms with Gasteiger partial charge in [-0.3, -0.25) is 0 Å². The van der Waals surface area contributed by atoms with Crippen molar-refractivity contribution in [2.75, 3.05) is 0 Å². The van der Waals surface area contributed by atoms with Gasteiger partial charge in [-0.05, 0) is 123 Å². The average molecular weight is 798 g/mol. The highest BCUT2D eigenvalue weighted by Crippen LogP contribution is 2.52. The maximum atomic E-state index is 2.42. The monoisotopic (exact) mass is 797 g/mol. The van der Waals surface area contributed by atoms with Crippen LogP contribution in [0.15, 0.2) is 237 Å². The number of fused-ring (bicyclic) bond motifs is 11. The zero-order chi connectivity index (χ0) is 41.4. The second-order valence-electron chi connectivity index (χ2n) is 16.6. The van der Waals surface area contributed by atoms with E-state index in [1.165, 1.54) is 120 Å². The maximum absolute atomic E-state index is 2.42. The molecule has 0 fully saturated rings. The van der Waals surface area contributed by atoms with Crippen molar-refractivity contribution >= 4 is 75.7 Å². The minimum Gasteiger partial charge on any atom is -0.309 e. The Labute approximate surface area is 365 Å². The lowest BCUT2D eigenvalue weighted by molar-refractivity contribution is 1.18. The average Bonchev–Trinajstić information content (AvgIpc) is 3.70. The Bertz CT molecular complexity index is 3850. The number of para-hydroxylation sites is 2. The summed E-state index contributed by atoms with van der Waals surface area (Å²) in [7, 11) is 0. The molecule has 1 heterocycles. The SMILES string of the molecule is c1ccc(-c2cccc(-c3cccc4c3c3ccccc3n4-c3ccccc3)c2-c2c3ccccc3c(-c3cccc4c5ccccc5c5ccccc5c34)c3ccccc23)cc1. The van der Waals surface area contributed by atoms with Crippen LogP contribution >= 0.6 is 0 Å². The van der Waals surface area contributed by atoms with Crippen molar-refractivity contribution in [3.05, 3.63) is 237 Å². The number of hydrogen-bond donors (Lipinski definition) is 0. The Hall–Kier alpha value is -8.26. The van der Waals surface area contributed by atoms with Gasteiger partial charge in [-0.2, -0.15) is 0 Å². The van der Waals surface area contributed by atoms with Crippen LogP contribution in [0.4, 0.5) is 0 Å². The number of hydrogen-bond acceptors (Lipinski definition) is 0. The molecule has 1 nitrogen and oxygen atoms in total. The van der Waals surface area contributed by atoms with E-state index >= 15 is 0 Å². The van der Waals surface area contributed by atoms with E-state index in [9.17, 15) is 0 Å². The van der Waals surface area contributed by atoms with E-state index in [1.54, 1.807) is 0 Å². The van der Waals surface area contributed by atoms with E-state index in [2.05, 4.69) is 241 Å². The number of benzene rings is 12. The normalized spacial score (nSPS) is 11.8. The molecule has 63 heavy (non-hydrogen) atoms. The molecule has 0 aliphatic rings. The Morgan fingerprint density at radius 1 is 0.206 bits per heavy atom. The molecule has 0 amide bonds. The molecule has 13 aromatic rings. The minimum absolute atomic E-state index is 1.15. The van der Waals surface area contributed by atoms with Gasteiger partial charge in [-0.1, -0.05) is 212 Å². The Morgan fingerprint density at radius 2 is 0.619 bits per heavy atom. The molecule has 12 aromatic carbocycles. The van der Waals surface area contributed by atoms with Crippen LogP contribution in [0.2, 0.25) is 0 Å². The first-order valence-corrected chi connectivity index (χ1v) is 21.9. The largest absolute Gasteiger partial charge is 0.309 e. The Balaban J connectivity index is 1.19. The number of rotatable bonds is 5. The zero-order valence-electron chi connectivity index (χ0n) is 34.5. The molecule has 0 aliphatic carbocycles. The molecule has 0 N–H and O–H groups in total. The predicted molar refractivity (Wildman–Crippen MR) is 270 cm³/mol. The van der Waals surface area contributed by atoms with Crippen LogP contribution in [0.3, 0.4) is 0 Å². The van der Waals surface area contributed by atoms with Crippen molar-refractivity contribution in [1.29, 1.82) is 0 Å². The van der Waals surface area contributed by atoms with Crippen LogP contribution in [0.25, 0.3) is 126 Å². The molecule has 0 saturated heterocycles. The highest BCUT2D eigenvalue weighted by molar-refractivity contribution is 6.32. The third-order valence-electron chi connectivity index (χ3n) is 13.4. The summed E-state index contributed by atoms with van der Waals surface area (Å²) in [5.74, 6) is 0. The summed E-state index contributed by atoms with van der Waals surface area (Å²) in [6.07, 6.45) is 0. The summed E-state index contributed by atoms with van der Waals surface area (Å²) >= 11 is 0. The molecule has 0 unspecified atom stereocenters. The minimum atomic E-state index is 1.15. The van der Waals surface area contributed by atoms with Crippen molar-refractivity contribution in [1.82, 2.24) is 4.57 Å². The van der Waals surface area contributed by atoms with E-state index in [1.807, 2.05) is 0 Å². The standard InChI is InChI=1S/C62H39N/c1-3-20-40(21-4-1)42-33-17-35-53(50-36-19-39-57-60(50)54-32-15-16-38-56(54)63(57)41-22-5-2-6-23-41)61(42)62-51-30-13-11-28-48(51)59(49-29-12-14-31-52(49)62)55-37-18-34-47-45-25-8-7-24-43(45)44-26-9-10-27-46(44)58(47)55/h1-39H. The molecule has 0 radical (unpaired) electrons. The lowest BCUT2D eigenvalue weighted by Gasteiger charge is -2.23. The smallest absolute Gasteiger partial charge is 0.0547 e. The van der Waals surface area contributed by atoms with Gasteiger partial charge in [0.25, 0.3) is 0 Å². The summed E-state index contributed by atoms with van der Waals surface area (Å²) in [4.78, 5) is 0. The van der Waals surface area contributed by atoms with Gasteiger partial charge < -0.3 is 4.57 Å². The third-order valence-corrected chi connectivity index (χ3v) is 13.4. The molecular weight excluding hydrogens is 759 g/mol. The zero-order valence-corrected chi connectivity index (χ0v) is 34.5. The molecule has 0 atom stereocenters. The highest BCUT2D eigenvalue weighted by Gasteiger charge is 2.25. The Morgan fingerprint density at radius 3 is 1.27 bits per heavy atom. The van der Waals surface area contributed by atoms with Crippen molar-refractivity contribution in [3.63, 3.8) is 0 Å². The summed E-state index contributed by atoms with van der Waals surface area (Å²) in [6.45, 7) is 0. The molecule has 1 heteroatoms. The van der Waals surface area contributed by atoms with E-state index in [4.69, 9.17) is 0 Å². The lowest BCUT2D eigenvalue weighted by atomic mass is 9.79. The van der Waals surface area contributed by atoms with E-state index in [0.717, 1.165) is 5.69 Å². The van der Waals surface area contributed by atoms with Gasteiger partial charge in [0.2, 0.25) is 0 Å². The maximum Gasteiger partial charge on any atom is 0.0547 e. The second kappa shape index (κ2) is 14.2. The number of aromatic nitrogens is 1. The molecule has 0 aliphatic heterocycles. The van der Waals surface area contributed by atoms with Crippen molar-refractivity contribution < 1.29 is 0 Å². The molecule has 0 spiro atoms. The topological polar surface area (TPSA) is 4.93 Å². The molecule has 0 saturated carbocycles. The summed E-state index contributed by atoms with van der Waals surface area (Å²) < 4.78 is 2.42. The van der Waals surface area contributed by atoms with E-state index in [0.29, 0.717) is 0 Å².